The van der Waals surface area contributed by atoms with Crippen molar-refractivity contribution in [1.29, 1.82) is 0 Å². The molecule has 0 spiro atoms. The van der Waals surface area contributed by atoms with Gasteiger partial charge in [0.2, 0.25) is 5.91 Å². The summed E-state index contributed by atoms with van der Waals surface area (Å²) >= 11 is 1.72. The van der Waals surface area contributed by atoms with Gasteiger partial charge in [0.1, 0.15) is 17.7 Å². The first kappa shape index (κ1) is 31.5. The van der Waals surface area contributed by atoms with Crippen LogP contribution in [0.3, 0.4) is 0 Å². The van der Waals surface area contributed by atoms with Gasteiger partial charge in [-0.15, -0.1) is 11.8 Å². The molecule has 0 aliphatic carbocycles. The average Bonchev–Trinajstić information content (AvgIpc) is 3.27. The van der Waals surface area contributed by atoms with Crippen LogP contribution in [0.5, 0.6) is 0 Å². The molecule has 0 saturated carbocycles. The highest BCUT2D eigenvalue weighted by Crippen LogP contribution is 2.48. The van der Waals surface area contributed by atoms with Gasteiger partial charge in [0, 0.05) is 6.54 Å². The van der Waals surface area contributed by atoms with Gasteiger partial charge in [-0.3, -0.25) is 4.79 Å². The number of aliphatic carboxylic acids is 1. The van der Waals surface area contributed by atoms with Crippen LogP contribution in [0.1, 0.15) is 73.3 Å². The maximum Gasteiger partial charge on any atom is 0.408 e. The Hall–Kier alpha value is -3.00. The molecule has 0 radical (unpaired) electrons. The number of rotatable bonds is 9. The normalized spacial score (nSPS) is 20.2. The summed E-state index contributed by atoms with van der Waals surface area (Å²) in [6, 6.07) is 16.4. The lowest BCUT2D eigenvalue weighted by Gasteiger charge is -2.36. The topological polar surface area (TPSA) is 95.9 Å². The van der Waals surface area contributed by atoms with E-state index in [9.17, 15) is 19.5 Å². The van der Waals surface area contributed by atoms with E-state index in [0.717, 1.165) is 35.3 Å². The van der Waals surface area contributed by atoms with Gasteiger partial charge in [0.15, 0.2) is 0 Å². The Bertz CT molecular complexity index is 1170. The highest BCUT2D eigenvalue weighted by atomic mass is 32.2. The number of benzene rings is 2. The van der Waals surface area contributed by atoms with Gasteiger partial charge in [-0.2, -0.15) is 0 Å². The molecule has 1 aliphatic heterocycles. The number of nitrogens with zero attached hydrogens (tertiary/aromatic N) is 1. The number of unbranched alkanes of at least 4 members (excludes halogenated alkanes) is 1. The van der Waals surface area contributed by atoms with Crippen molar-refractivity contribution in [3.63, 3.8) is 0 Å². The zero-order chi connectivity index (χ0) is 29.7. The number of carbonyl (C=O) groups is 3. The standard InChI is InChI=1S/C32H44N2O5S/c1-8-9-19-40-32(24-17-15-23(16-18-24)22-13-11-10-12-14-22)20-25(28(36)37)34(21-32)27(35)26(30(2,3)4)33-29(38)39-31(5,6)7/h10-18,25-26H,8-9,19-21H2,1-7H3,(H,33,38)(H,36,37)/t25-,26+,32-/m0/s1. The highest BCUT2D eigenvalue weighted by Gasteiger charge is 2.52. The van der Waals surface area contributed by atoms with Crippen molar-refractivity contribution in [1.82, 2.24) is 10.2 Å². The Labute approximate surface area is 243 Å². The number of likely N-dealkylation sites (tertiary alicyclic amines) is 1. The second-order valence-corrected chi connectivity index (χ2v) is 14.1. The Morgan fingerprint density at radius 1 is 1.02 bits per heavy atom. The summed E-state index contributed by atoms with van der Waals surface area (Å²) in [4.78, 5) is 40.8. The summed E-state index contributed by atoms with van der Waals surface area (Å²) in [6.45, 7) is 13.2. The van der Waals surface area contributed by atoms with Crippen LogP contribution >= 0.6 is 11.8 Å². The van der Waals surface area contributed by atoms with Gasteiger partial charge in [-0.1, -0.05) is 88.7 Å². The zero-order valence-electron chi connectivity index (χ0n) is 24.8. The van der Waals surface area contributed by atoms with Gasteiger partial charge in [0.25, 0.3) is 0 Å². The number of amides is 2. The van der Waals surface area contributed by atoms with E-state index in [1.807, 2.05) is 39.0 Å². The van der Waals surface area contributed by atoms with Crippen LogP contribution in [-0.4, -0.2) is 58.0 Å². The van der Waals surface area contributed by atoms with Crippen molar-refractivity contribution in [2.24, 2.45) is 5.41 Å². The van der Waals surface area contributed by atoms with Gasteiger partial charge < -0.3 is 20.1 Å². The van der Waals surface area contributed by atoms with E-state index in [1.165, 1.54) is 4.90 Å². The lowest BCUT2D eigenvalue weighted by atomic mass is 9.85. The van der Waals surface area contributed by atoms with Crippen LogP contribution < -0.4 is 5.32 Å². The smallest absolute Gasteiger partial charge is 0.408 e. The molecule has 2 aromatic carbocycles. The van der Waals surface area contributed by atoms with E-state index < -0.39 is 45.8 Å². The minimum Gasteiger partial charge on any atom is -0.480 e. The fraction of sp³-hybridized carbons (Fsp3) is 0.531. The molecular weight excluding hydrogens is 524 g/mol. The summed E-state index contributed by atoms with van der Waals surface area (Å²) in [6.07, 6.45) is 1.60. The number of ether oxygens (including phenoxy) is 1. The van der Waals surface area contributed by atoms with Crippen molar-refractivity contribution >= 4 is 29.7 Å². The number of carboxylic acids is 1. The van der Waals surface area contributed by atoms with Crippen molar-refractivity contribution < 1.29 is 24.2 Å². The number of thioether (sulfide) groups is 1. The van der Waals surface area contributed by atoms with E-state index in [1.54, 1.807) is 32.5 Å². The van der Waals surface area contributed by atoms with Crippen LogP contribution in [0.15, 0.2) is 54.6 Å². The molecule has 218 valence electrons. The number of nitrogens with one attached hydrogen (secondary N) is 1. The zero-order valence-corrected chi connectivity index (χ0v) is 25.6. The first-order chi connectivity index (χ1) is 18.7. The fourth-order valence-corrected chi connectivity index (χ4v) is 6.60. The number of carboxylic acid groups (broad SMARTS) is 1. The Morgan fingerprint density at radius 2 is 1.62 bits per heavy atom. The summed E-state index contributed by atoms with van der Waals surface area (Å²) in [7, 11) is 0. The monoisotopic (exact) mass is 568 g/mol. The molecule has 0 bridgehead atoms. The molecule has 3 atom stereocenters. The number of alkyl carbamates (subject to hydrolysis) is 1. The summed E-state index contributed by atoms with van der Waals surface area (Å²) in [5.74, 6) is -0.605. The van der Waals surface area contributed by atoms with Crippen LogP contribution in [0.2, 0.25) is 0 Å². The van der Waals surface area contributed by atoms with Crippen molar-refractivity contribution in [2.45, 2.75) is 90.2 Å². The first-order valence-electron chi connectivity index (χ1n) is 14.0. The van der Waals surface area contributed by atoms with E-state index in [2.05, 4.69) is 48.6 Å². The number of carbonyl (C=O) groups excluding carboxylic acids is 2. The molecule has 40 heavy (non-hydrogen) atoms. The van der Waals surface area contributed by atoms with Gasteiger partial charge in [0.05, 0.1) is 4.75 Å². The predicted molar refractivity (Wildman–Crippen MR) is 161 cm³/mol. The summed E-state index contributed by atoms with van der Waals surface area (Å²) in [5.41, 5.74) is 1.78. The Morgan fingerprint density at radius 3 is 2.15 bits per heavy atom. The van der Waals surface area contributed by atoms with Crippen molar-refractivity contribution in [2.75, 3.05) is 12.3 Å². The Kier molecular flexibility index (Phi) is 9.99. The molecule has 0 aromatic heterocycles. The molecule has 7 nitrogen and oxygen atoms in total. The van der Waals surface area contributed by atoms with Gasteiger partial charge in [-0.05, 0) is 61.5 Å². The third-order valence-electron chi connectivity index (χ3n) is 7.06. The van der Waals surface area contributed by atoms with E-state index in [0.29, 0.717) is 0 Å². The lowest BCUT2D eigenvalue weighted by Crippen LogP contribution is -2.57. The molecule has 2 aromatic rings. The molecule has 3 rings (SSSR count). The number of hydrogen-bond donors (Lipinski definition) is 2. The van der Waals surface area contributed by atoms with Gasteiger partial charge >= 0.3 is 12.1 Å². The largest absolute Gasteiger partial charge is 0.480 e. The molecule has 0 unspecified atom stereocenters. The van der Waals surface area contributed by atoms with Crippen LogP contribution in [0, 0.1) is 5.41 Å². The van der Waals surface area contributed by atoms with E-state index in [4.69, 9.17) is 4.74 Å². The van der Waals surface area contributed by atoms with E-state index in [-0.39, 0.29) is 13.0 Å². The second-order valence-electron chi connectivity index (χ2n) is 12.6. The molecule has 1 saturated heterocycles. The average molecular weight is 569 g/mol. The van der Waals surface area contributed by atoms with E-state index >= 15 is 0 Å². The fourth-order valence-electron chi connectivity index (χ4n) is 4.97. The van der Waals surface area contributed by atoms with Crippen molar-refractivity contribution in [3.8, 4) is 11.1 Å². The third kappa shape index (κ3) is 7.80. The Balaban J connectivity index is 1.97. The molecule has 1 fully saturated rings. The quantitative estimate of drug-likeness (QED) is 0.327. The lowest BCUT2D eigenvalue weighted by molar-refractivity contribution is -0.150. The highest BCUT2D eigenvalue weighted by molar-refractivity contribution is 8.00. The van der Waals surface area contributed by atoms with Crippen LogP contribution in [0.4, 0.5) is 4.79 Å². The molecular formula is C32H44N2O5S. The predicted octanol–water partition coefficient (Wildman–Crippen LogP) is 6.71. The molecule has 2 amide bonds. The molecule has 8 heteroatoms. The maximum atomic E-state index is 14.1. The van der Waals surface area contributed by atoms with Crippen LogP contribution in [0.25, 0.3) is 11.1 Å². The molecule has 1 heterocycles. The minimum absolute atomic E-state index is 0.241. The minimum atomic E-state index is -1.04. The SMILES string of the molecule is CCCCS[C@@]1(c2ccc(-c3ccccc3)cc2)C[C@@H](C(=O)O)N(C(=O)[C@@H](NC(=O)OC(C)(C)C)C(C)(C)C)C1. The van der Waals surface area contributed by atoms with Crippen molar-refractivity contribution in [3.05, 3.63) is 60.2 Å². The second kappa shape index (κ2) is 12.7. The summed E-state index contributed by atoms with van der Waals surface area (Å²) < 4.78 is 4.85. The van der Waals surface area contributed by atoms with Crippen LogP contribution in [-0.2, 0) is 19.1 Å². The maximum absolute atomic E-state index is 14.1. The third-order valence-corrected chi connectivity index (χ3v) is 8.64. The number of hydrogen-bond acceptors (Lipinski definition) is 5. The molecule has 1 aliphatic rings. The van der Waals surface area contributed by atoms with Gasteiger partial charge in [-0.25, -0.2) is 9.59 Å². The summed E-state index contributed by atoms with van der Waals surface area (Å²) in [5, 5.41) is 13.0. The first-order valence-corrected chi connectivity index (χ1v) is 15.0. The molecule has 2 N–H and O–H groups in total.